The quantitative estimate of drug-likeness (QED) is 0.774. The molecule has 1 atom stereocenters. The maximum Gasteiger partial charge on any atom is 0.225 e. The number of rotatable bonds is 4. The molecule has 2 rings (SSSR count). The number of hydrogen-bond acceptors (Lipinski definition) is 4. The van der Waals surface area contributed by atoms with Gasteiger partial charge < -0.3 is 20.1 Å². The van der Waals surface area contributed by atoms with Crippen LogP contribution >= 0.6 is 0 Å². The molecule has 2 fully saturated rings. The first-order valence-corrected chi connectivity index (χ1v) is 7.78. The van der Waals surface area contributed by atoms with Crippen molar-refractivity contribution in [2.24, 2.45) is 11.8 Å². The minimum atomic E-state index is -0.913. The number of carbonyl (C=O) groups is 2. The monoisotopic (exact) mass is 298 g/mol. The molecular weight excluding hydrogens is 272 g/mol. The zero-order valence-electron chi connectivity index (χ0n) is 12.9. The Labute approximate surface area is 125 Å². The summed E-state index contributed by atoms with van der Waals surface area (Å²) < 4.78 is 5.16. The maximum absolute atomic E-state index is 12.1. The van der Waals surface area contributed by atoms with Crippen LogP contribution in [0.15, 0.2) is 0 Å². The first kappa shape index (κ1) is 16.2. The molecule has 120 valence electrons. The average Bonchev–Trinajstić information content (AvgIpc) is 2.91. The average molecular weight is 298 g/mol. The molecule has 2 aliphatic rings. The number of likely N-dealkylation sites (tertiary alicyclic amines) is 1. The Balaban J connectivity index is 1.74. The molecule has 6 heteroatoms. The first-order valence-electron chi connectivity index (χ1n) is 7.78. The Morgan fingerprint density at radius 1 is 1.38 bits per heavy atom. The normalized spacial score (nSPS) is 27.1. The number of hydrogen-bond donors (Lipinski definition) is 2. The standard InChI is InChI=1S/C15H26N2O4/c1-11(2)14(19)17-6-3-12(4-7-17)13(18)16-9-15(20)5-8-21-10-15/h11-12,20H,3-10H2,1-2H3,(H,16,18). The van der Waals surface area contributed by atoms with Crippen LogP contribution in [0.25, 0.3) is 0 Å². The summed E-state index contributed by atoms with van der Waals surface area (Å²) in [6.45, 7) is 6.15. The van der Waals surface area contributed by atoms with E-state index in [4.69, 9.17) is 4.74 Å². The summed E-state index contributed by atoms with van der Waals surface area (Å²) in [5.74, 6) is 0.0809. The number of carbonyl (C=O) groups excluding carboxylic acids is 2. The van der Waals surface area contributed by atoms with Gasteiger partial charge in [0.05, 0.1) is 6.61 Å². The van der Waals surface area contributed by atoms with E-state index in [1.54, 1.807) is 0 Å². The lowest BCUT2D eigenvalue weighted by Gasteiger charge is -2.33. The smallest absolute Gasteiger partial charge is 0.225 e. The van der Waals surface area contributed by atoms with E-state index >= 15 is 0 Å². The van der Waals surface area contributed by atoms with E-state index < -0.39 is 5.60 Å². The van der Waals surface area contributed by atoms with Gasteiger partial charge in [-0.25, -0.2) is 0 Å². The molecule has 2 heterocycles. The van der Waals surface area contributed by atoms with Crippen molar-refractivity contribution >= 4 is 11.8 Å². The minimum Gasteiger partial charge on any atom is -0.386 e. The highest BCUT2D eigenvalue weighted by atomic mass is 16.5. The van der Waals surface area contributed by atoms with Crippen LogP contribution in [0, 0.1) is 11.8 Å². The maximum atomic E-state index is 12.1. The van der Waals surface area contributed by atoms with Gasteiger partial charge in [0.1, 0.15) is 5.60 Å². The van der Waals surface area contributed by atoms with E-state index in [2.05, 4.69) is 5.32 Å². The predicted octanol–water partition coefficient (Wildman–Crippen LogP) is 0.149. The second-order valence-corrected chi connectivity index (χ2v) is 6.50. The van der Waals surface area contributed by atoms with Crippen LogP contribution in [0.1, 0.15) is 33.1 Å². The number of ether oxygens (including phenoxy) is 1. The second kappa shape index (κ2) is 6.75. The SMILES string of the molecule is CC(C)C(=O)N1CCC(C(=O)NCC2(O)CCOC2)CC1. The summed E-state index contributed by atoms with van der Waals surface area (Å²) in [6.07, 6.45) is 1.95. The topological polar surface area (TPSA) is 78.9 Å². The number of amides is 2. The van der Waals surface area contributed by atoms with Gasteiger partial charge in [-0.1, -0.05) is 13.8 Å². The number of aliphatic hydroxyl groups is 1. The number of nitrogens with one attached hydrogen (secondary N) is 1. The third kappa shape index (κ3) is 4.17. The summed E-state index contributed by atoms with van der Waals surface area (Å²) in [5.41, 5.74) is -0.913. The molecule has 0 saturated carbocycles. The fourth-order valence-electron chi connectivity index (χ4n) is 2.86. The molecule has 0 aromatic rings. The van der Waals surface area contributed by atoms with E-state index in [1.807, 2.05) is 18.7 Å². The molecule has 0 aromatic heterocycles. The summed E-state index contributed by atoms with van der Waals surface area (Å²) in [6, 6.07) is 0. The molecule has 21 heavy (non-hydrogen) atoms. The van der Waals surface area contributed by atoms with Crippen LogP contribution in [0.2, 0.25) is 0 Å². The van der Waals surface area contributed by atoms with Crippen LogP contribution < -0.4 is 5.32 Å². The highest BCUT2D eigenvalue weighted by molar-refractivity contribution is 5.80. The fraction of sp³-hybridized carbons (Fsp3) is 0.867. The lowest BCUT2D eigenvalue weighted by molar-refractivity contribution is -0.138. The first-order chi connectivity index (χ1) is 9.91. The molecule has 2 N–H and O–H groups in total. The molecule has 0 spiro atoms. The van der Waals surface area contributed by atoms with Gasteiger partial charge in [-0.2, -0.15) is 0 Å². The zero-order chi connectivity index (χ0) is 15.5. The van der Waals surface area contributed by atoms with Gasteiger partial charge in [0.25, 0.3) is 0 Å². The minimum absolute atomic E-state index is 0.00647. The molecule has 0 radical (unpaired) electrons. The molecule has 2 saturated heterocycles. The van der Waals surface area contributed by atoms with Crippen LogP contribution in [-0.4, -0.2) is 60.3 Å². The van der Waals surface area contributed by atoms with Gasteiger partial charge in [0.2, 0.25) is 11.8 Å². The van der Waals surface area contributed by atoms with E-state index in [1.165, 1.54) is 0 Å². The Hall–Kier alpha value is -1.14. The van der Waals surface area contributed by atoms with Crippen molar-refractivity contribution < 1.29 is 19.4 Å². The van der Waals surface area contributed by atoms with Crippen LogP contribution in [0.3, 0.4) is 0 Å². The van der Waals surface area contributed by atoms with Crippen molar-refractivity contribution in [1.29, 1.82) is 0 Å². The van der Waals surface area contributed by atoms with Crippen LogP contribution in [-0.2, 0) is 14.3 Å². The third-order valence-corrected chi connectivity index (χ3v) is 4.35. The zero-order valence-corrected chi connectivity index (χ0v) is 12.9. The lowest BCUT2D eigenvalue weighted by atomic mass is 9.94. The van der Waals surface area contributed by atoms with E-state index in [0.29, 0.717) is 39.0 Å². The van der Waals surface area contributed by atoms with Gasteiger partial charge in [0.15, 0.2) is 0 Å². The number of nitrogens with zero attached hydrogens (tertiary/aromatic N) is 1. The Morgan fingerprint density at radius 3 is 2.57 bits per heavy atom. The molecule has 2 aliphatic heterocycles. The molecule has 0 aromatic carbocycles. The van der Waals surface area contributed by atoms with Crippen LogP contribution in [0.4, 0.5) is 0 Å². The Kier molecular flexibility index (Phi) is 5.22. The summed E-state index contributed by atoms with van der Waals surface area (Å²) >= 11 is 0. The molecular formula is C15H26N2O4. The Morgan fingerprint density at radius 2 is 2.05 bits per heavy atom. The van der Waals surface area contributed by atoms with Crippen molar-refractivity contribution in [3.63, 3.8) is 0 Å². The van der Waals surface area contributed by atoms with Crippen molar-refractivity contribution in [2.45, 2.75) is 38.7 Å². The summed E-state index contributed by atoms with van der Waals surface area (Å²) in [7, 11) is 0. The number of piperidine rings is 1. The van der Waals surface area contributed by atoms with Crippen molar-refractivity contribution in [3.8, 4) is 0 Å². The van der Waals surface area contributed by atoms with Gasteiger partial charge in [-0.15, -0.1) is 0 Å². The Bertz CT molecular complexity index is 383. The van der Waals surface area contributed by atoms with Gasteiger partial charge >= 0.3 is 0 Å². The van der Waals surface area contributed by atoms with Crippen molar-refractivity contribution in [2.75, 3.05) is 32.8 Å². The fourth-order valence-corrected chi connectivity index (χ4v) is 2.86. The van der Waals surface area contributed by atoms with Crippen molar-refractivity contribution in [1.82, 2.24) is 10.2 Å². The highest BCUT2D eigenvalue weighted by Crippen LogP contribution is 2.20. The van der Waals surface area contributed by atoms with Crippen molar-refractivity contribution in [3.05, 3.63) is 0 Å². The van der Waals surface area contributed by atoms with Gasteiger partial charge in [0, 0.05) is 44.5 Å². The largest absolute Gasteiger partial charge is 0.386 e. The molecule has 0 bridgehead atoms. The van der Waals surface area contributed by atoms with Gasteiger partial charge in [-0.05, 0) is 12.8 Å². The van der Waals surface area contributed by atoms with Gasteiger partial charge in [-0.3, -0.25) is 9.59 Å². The summed E-state index contributed by atoms with van der Waals surface area (Å²) in [5, 5.41) is 13.0. The van der Waals surface area contributed by atoms with E-state index in [0.717, 1.165) is 0 Å². The highest BCUT2D eigenvalue weighted by Gasteiger charge is 2.34. The predicted molar refractivity (Wildman–Crippen MR) is 77.5 cm³/mol. The van der Waals surface area contributed by atoms with E-state index in [-0.39, 0.29) is 36.8 Å². The molecule has 2 amide bonds. The molecule has 0 aliphatic carbocycles. The van der Waals surface area contributed by atoms with Crippen LogP contribution in [0.5, 0.6) is 0 Å². The second-order valence-electron chi connectivity index (χ2n) is 6.50. The molecule has 1 unspecified atom stereocenters. The summed E-state index contributed by atoms with van der Waals surface area (Å²) in [4.78, 5) is 25.9. The third-order valence-electron chi connectivity index (χ3n) is 4.35. The molecule has 6 nitrogen and oxygen atoms in total. The van der Waals surface area contributed by atoms with E-state index in [9.17, 15) is 14.7 Å². The lowest BCUT2D eigenvalue weighted by Crippen LogP contribution is -2.48.